The maximum Gasteiger partial charge on any atom is 0.292 e. The molecule has 1 amide bonds. The van der Waals surface area contributed by atoms with Crippen molar-refractivity contribution >= 4 is 41.1 Å². The van der Waals surface area contributed by atoms with Gasteiger partial charge in [-0.3, -0.25) is 9.69 Å². The number of nitrogens with one attached hydrogen (secondary N) is 1. The second kappa shape index (κ2) is 9.39. The van der Waals surface area contributed by atoms with Crippen molar-refractivity contribution in [1.29, 1.82) is 0 Å². The minimum atomic E-state index is -0.579. The molecule has 3 heterocycles. The van der Waals surface area contributed by atoms with Crippen LogP contribution in [0, 0.1) is 0 Å². The quantitative estimate of drug-likeness (QED) is 0.403. The summed E-state index contributed by atoms with van der Waals surface area (Å²) >= 11 is 12.1. The summed E-state index contributed by atoms with van der Waals surface area (Å²) < 4.78 is 11.2. The summed E-state index contributed by atoms with van der Waals surface area (Å²) in [6.07, 6.45) is 1.38. The molecule has 12 nitrogen and oxygen atoms in total. The predicted molar refractivity (Wildman–Crippen MR) is 111 cm³/mol. The van der Waals surface area contributed by atoms with E-state index in [1.165, 1.54) is 10.9 Å². The van der Waals surface area contributed by atoms with Crippen LogP contribution in [0.3, 0.4) is 0 Å². The molecule has 0 radical (unpaired) electrons. The molecule has 0 bridgehead atoms. The van der Waals surface area contributed by atoms with Crippen molar-refractivity contribution in [3.63, 3.8) is 0 Å². The Balaban J connectivity index is 1.60. The lowest BCUT2D eigenvalue weighted by Crippen LogP contribution is -2.36. The molecule has 1 fully saturated rings. The fourth-order valence-electron chi connectivity index (χ4n) is 2.94. The Morgan fingerprint density at radius 2 is 2.10 bits per heavy atom. The molecule has 2 aromatic heterocycles. The first-order chi connectivity index (χ1) is 15.0. The molecular weight excluding hydrogens is 449 g/mol. The molecule has 1 aromatic carbocycles. The molecule has 14 heteroatoms. The third-order valence-corrected chi connectivity index (χ3v) is 5.31. The molecule has 3 N–H and O–H groups in total. The second-order valence-corrected chi connectivity index (χ2v) is 7.29. The molecule has 0 saturated carbocycles. The molecule has 1 aliphatic rings. The summed E-state index contributed by atoms with van der Waals surface area (Å²) in [6, 6.07) is 5.08. The Bertz CT molecular complexity index is 1110. The lowest BCUT2D eigenvalue weighted by atomic mass is 10.2. The Kier molecular flexibility index (Phi) is 6.42. The molecule has 0 spiro atoms. The van der Waals surface area contributed by atoms with Crippen molar-refractivity contribution < 1.29 is 14.2 Å². The summed E-state index contributed by atoms with van der Waals surface area (Å²) in [5.41, 5.74) is 9.27. The Labute approximate surface area is 185 Å². The monoisotopic (exact) mass is 465 g/mol. The van der Waals surface area contributed by atoms with Gasteiger partial charge in [0.05, 0.1) is 29.5 Å². The largest absolute Gasteiger partial charge is 0.379 e. The van der Waals surface area contributed by atoms with Crippen LogP contribution in [0.15, 0.2) is 27.9 Å². The van der Waals surface area contributed by atoms with Crippen LogP contribution >= 0.6 is 23.2 Å². The smallest absolute Gasteiger partial charge is 0.292 e. The standard InChI is InChI=1S/C17H17Cl2N9O3/c18-11-3-1-2-10(13(11)19)8-21-23-17(29)14-12(9-27-4-6-30-7-5-27)22-26-28(14)16-15(20)24-31-25-16/h1-3,8H,4-7,9H2,(H2,20,24)(H,23,29)/b21-8-. The minimum absolute atomic E-state index is 0.0360. The number of nitrogen functional groups attached to an aromatic ring is 1. The maximum atomic E-state index is 13.0. The summed E-state index contributed by atoms with van der Waals surface area (Å²) in [6.45, 7) is 2.97. The van der Waals surface area contributed by atoms with Crippen molar-refractivity contribution in [2.75, 3.05) is 32.0 Å². The highest BCUT2D eigenvalue weighted by Gasteiger charge is 2.26. The zero-order chi connectivity index (χ0) is 21.8. The highest BCUT2D eigenvalue weighted by Crippen LogP contribution is 2.24. The SMILES string of the molecule is Nc1nonc1-n1nnc(CN2CCOCC2)c1C(=O)N/N=C\c1cccc(Cl)c1Cl. The lowest BCUT2D eigenvalue weighted by molar-refractivity contribution is 0.0335. The summed E-state index contributed by atoms with van der Waals surface area (Å²) in [7, 11) is 0. The number of amides is 1. The van der Waals surface area contributed by atoms with Gasteiger partial charge in [-0.1, -0.05) is 40.5 Å². The number of nitrogens with zero attached hydrogens (tertiary/aromatic N) is 7. The normalized spacial score (nSPS) is 14.9. The van der Waals surface area contributed by atoms with Crippen molar-refractivity contribution in [3.8, 4) is 5.82 Å². The van der Waals surface area contributed by atoms with E-state index in [1.54, 1.807) is 18.2 Å². The van der Waals surface area contributed by atoms with Crippen molar-refractivity contribution in [1.82, 2.24) is 35.6 Å². The van der Waals surface area contributed by atoms with Crippen LogP contribution in [0.1, 0.15) is 21.7 Å². The minimum Gasteiger partial charge on any atom is -0.379 e. The van der Waals surface area contributed by atoms with Gasteiger partial charge < -0.3 is 10.5 Å². The number of hydrogen-bond acceptors (Lipinski definition) is 10. The average Bonchev–Trinajstić information content (AvgIpc) is 3.37. The number of morpholine rings is 1. The molecule has 1 saturated heterocycles. The molecule has 3 aromatic rings. The number of carbonyl (C=O) groups excluding carboxylic acids is 1. The highest BCUT2D eigenvalue weighted by atomic mass is 35.5. The molecular formula is C17H17Cl2N9O3. The molecule has 4 rings (SSSR count). The number of carbonyl (C=O) groups is 1. The number of hydrazone groups is 1. The fourth-order valence-corrected chi connectivity index (χ4v) is 3.29. The number of hydrogen-bond donors (Lipinski definition) is 2. The van der Waals surface area contributed by atoms with Gasteiger partial charge in [0.15, 0.2) is 5.69 Å². The molecule has 0 atom stereocenters. The van der Waals surface area contributed by atoms with Gasteiger partial charge in [-0.05, 0) is 16.4 Å². The first-order valence-electron chi connectivity index (χ1n) is 9.15. The van der Waals surface area contributed by atoms with E-state index in [4.69, 9.17) is 33.7 Å². The molecule has 0 aliphatic carbocycles. The van der Waals surface area contributed by atoms with E-state index in [-0.39, 0.29) is 17.3 Å². The molecule has 1 aliphatic heterocycles. The van der Waals surface area contributed by atoms with Gasteiger partial charge in [0, 0.05) is 25.2 Å². The number of halogens is 2. The van der Waals surface area contributed by atoms with Gasteiger partial charge in [0.1, 0.15) is 5.69 Å². The summed E-state index contributed by atoms with van der Waals surface area (Å²) in [5, 5.41) is 20.0. The molecule has 162 valence electrons. The van der Waals surface area contributed by atoms with Crippen LogP contribution < -0.4 is 11.2 Å². The first-order valence-corrected chi connectivity index (χ1v) is 9.90. The van der Waals surface area contributed by atoms with Gasteiger partial charge >= 0.3 is 0 Å². The zero-order valence-electron chi connectivity index (χ0n) is 16.0. The first kappa shape index (κ1) is 21.2. The number of aromatic nitrogens is 5. The van der Waals surface area contributed by atoms with E-state index >= 15 is 0 Å². The topological polar surface area (TPSA) is 150 Å². The zero-order valence-corrected chi connectivity index (χ0v) is 17.5. The third-order valence-electron chi connectivity index (χ3n) is 4.48. The fraction of sp³-hybridized carbons (Fsp3) is 0.294. The van der Waals surface area contributed by atoms with E-state index in [0.717, 1.165) is 0 Å². The van der Waals surface area contributed by atoms with E-state index < -0.39 is 5.91 Å². The Morgan fingerprint density at radius 1 is 1.29 bits per heavy atom. The van der Waals surface area contributed by atoms with Crippen LogP contribution in [-0.4, -0.2) is 68.6 Å². The Hall–Kier alpha value is -3.06. The predicted octanol–water partition coefficient (Wildman–Crippen LogP) is 1.14. The number of nitrogens with two attached hydrogens (primary N) is 1. The van der Waals surface area contributed by atoms with Gasteiger partial charge in [0.25, 0.3) is 5.91 Å². The molecule has 0 unspecified atom stereocenters. The van der Waals surface area contributed by atoms with Crippen LogP contribution in [0.2, 0.25) is 10.0 Å². The number of rotatable bonds is 6. The number of benzene rings is 1. The summed E-state index contributed by atoms with van der Waals surface area (Å²) in [4.78, 5) is 15.1. The van der Waals surface area contributed by atoms with E-state index in [1.807, 2.05) is 0 Å². The number of anilines is 1. The van der Waals surface area contributed by atoms with E-state index in [0.29, 0.717) is 54.2 Å². The lowest BCUT2D eigenvalue weighted by Gasteiger charge is -2.25. The van der Waals surface area contributed by atoms with Crippen LogP contribution in [0.5, 0.6) is 0 Å². The van der Waals surface area contributed by atoms with Gasteiger partial charge in [-0.15, -0.1) is 5.10 Å². The summed E-state index contributed by atoms with van der Waals surface area (Å²) in [5.74, 6) is -0.566. The van der Waals surface area contributed by atoms with Gasteiger partial charge in [-0.25, -0.2) is 10.1 Å². The second-order valence-electron chi connectivity index (χ2n) is 6.50. The van der Waals surface area contributed by atoms with Gasteiger partial charge in [-0.2, -0.15) is 9.78 Å². The van der Waals surface area contributed by atoms with Gasteiger partial charge in [0.2, 0.25) is 11.6 Å². The van der Waals surface area contributed by atoms with Crippen molar-refractivity contribution in [2.24, 2.45) is 5.10 Å². The van der Waals surface area contributed by atoms with Crippen LogP contribution in [0.4, 0.5) is 5.82 Å². The Morgan fingerprint density at radius 3 is 2.84 bits per heavy atom. The third kappa shape index (κ3) is 4.66. The maximum absolute atomic E-state index is 13.0. The molecule has 31 heavy (non-hydrogen) atoms. The van der Waals surface area contributed by atoms with Crippen molar-refractivity contribution in [2.45, 2.75) is 6.54 Å². The van der Waals surface area contributed by atoms with Crippen LogP contribution in [0.25, 0.3) is 5.82 Å². The van der Waals surface area contributed by atoms with E-state index in [9.17, 15) is 4.79 Å². The van der Waals surface area contributed by atoms with E-state index in [2.05, 4.69) is 40.7 Å². The van der Waals surface area contributed by atoms with Crippen molar-refractivity contribution in [3.05, 3.63) is 45.2 Å². The van der Waals surface area contributed by atoms with Crippen LogP contribution in [-0.2, 0) is 11.3 Å². The number of ether oxygens (including phenoxy) is 1. The highest BCUT2D eigenvalue weighted by molar-refractivity contribution is 6.43. The average molecular weight is 466 g/mol.